The minimum Gasteiger partial charge on any atom is -0.454 e. The summed E-state index contributed by atoms with van der Waals surface area (Å²) in [6.07, 6.45) is 0. The van der Waals surface area contributed by atoms with Crippen LogP contribution in [0.25, 0.3) is 0 Å². The fourth-order valence-corrected chi connectivity index (χ4v) is 4.69. The summed E-state index contributed by atoms with van der Waals surface area (Å²) in [6.45, 7) is 4.01. The number of amides is 1. The van der Waals surface area contributed by atoms with Gasteiger partial charge in [-0.3, -0.25) is 14.4 Å². The number of Topliss-reactive ketones (excluding diaryl/α,β-unsaturated/α-hetero) is 2. The van der Waals surface area contributed by atoms with Crippen molar-refractivity contribution in [3.05, 3.63) is 94.5 Å². The van der Waals surface area contributed by atoms with Gasteiger partial charge in [-0.25, -0.2) is 0 Å². The van der Waals surface area contributed by atoms with E-state index in [4.69, 9.17) is 10.5 Å². The van der Waals surface area contributed by atoms with Crippen molar-refractivity contribution in [3.63, 3.8) is 0 Å². The van der Waals surface area contributed by atoms with Crippen LogP contribution in [0.2, 0.25) is 0 Å². The van der Waals surface area contributed by atoms with Crippen LogP contribution in [-0.2, 0) is 16.1 Å². The van der Waals surface area contributed by atoms with Crippen LogP contribution in [-0.4, -0.2) is 22.6 Å². The molecule has 0 saturated carbocycles. The van der Waals surface area contributed by atoms with Gasteiger partial charge in [0.2, 0.25) is 17.1 Å². The Hall–Kier alpha value is -3.97. The van der Waals surface area contributed by atoms with Gasteiger partial charge in [-0.1, -0.05) is 68.4 Å². The van der Waals surface area contributed by atoms with E-state index >= 15 is 0 Å². The Balaban J connectivity index is 1.69. The van der Waals surface area contributed by atoms with Gasteiger partial charge in [-0.2, -0.15) is 0 Å². The van der Waals surface area contributed by atoms with Crippen LogP contribution in [0, 0.1) is 0 Å². The Morgan fingerprint density at radius 3 is 2.42 bits per heavy atom. The molecule has 3 aromatic rings. The van der Waals surface area contributed by atoms with Crippen molar-refractivity contribution in [1.82, 2.24) is 5.32 Å². The first-order valence-electron chi connectivity index (χ1n) is 10.6. The quantitative estimate of drug-likeness (QED) is 0.325. The SMILES string of the molecule is CC(C)c1ccc2c(c1)OC1(O)c3cccc(N)c3C(=O)C21NC(=O)C(=O)c1ccccc1. The summed E-state index contributed by atoms with van der Waals surface area (Å²) in [6, 6.07) is 17.9. The second-order valence-electron chi connectivity index (χ2n) is 8.65. The number of anilines is 1. The maximum atomic E-state index is 13.9. The highest BCUT2D eigenvalue weighted by atomic mass is 16.6. The molecule has 7 heteroatoms. The maximum absolute atomic E-state index is 13.9. The molecule has 0 bridgehead atoms. The minimum absolute atomic E-state index is 0.0612. The number of aliphatic hydroxyl groups is 1. The number of benzene rings is 3. The Morgan fingerprint density at radius 2 is 1.73 bits per heavy atom. The standard InChI is InChI=1S/C26H22N2O5/c1-14(2)16-11-12-17-20(13-16)33-26(32)18-9-6-10-19(27)21(18)23(30)25(17,26)28-24(31)22(29)15-7-4-3-5-8-15/h3-14,32H,27H2,1-2H3,(H,28,31). The first-order valence-corrected chi connectivity index (χ1v) is 10.6. The normalized spacial score (nSPS) is 22.4. The van der Waals surface area contributed by atoms with E-state index in [0.29, 0.717) is 0 Å². The van der Waals surface area contributed by atoms with Crippen molar-refractivity contribution in [2.75, 3.05) is 5.73 Å². The third kappa shape index (κ3) is 2.69. The largest absolute Gasteiger partial charge is 0.454 e. The van der Waals surface area contributed by atoms with Crippen LogP contribution < -0.4 is 15.8 Å². The number of nitrogens with two attached hydrogens (primary N) is 1. The lowest BCUT2D eigenvalue weighted by molar-refractivity contribution is -0.174. The van der Waals surface area contributed by atoms with Crippen LogP contribution in [0.15, 0.2) is 66.7 Å². The topological polar surface area (TPSA) is 119 Å². The Morgan fingerprint density at radius 1 is 1.00 bits per heavy atom. The molecule has 4 N–H and O–H groups in total. The lowest BCUT2D eigenvalue weighted by Crippen LogP contribution is -2.61. The molecule has 1 aliphatic heterocycles. The van der Waals surface area contributed by atoms with Crippen LogP contribution in [0.4, 0.5) is 5.69 Å². The molecule has 0 spiro atoms. The van der Waals surface area contributed by atoms with E-state index in [1.54, 1.807) is 36.4 Å². The summed E-state index contributed by atoms with van der Waals surface area (Å²) in [5.41, 5.74) is 5.73. The molecule has 5 rings (SSSR count). The van der Waals surface area contributed by atoms with Crippen LogP contribution in [0.3, 0.4) is 0 Å². The molecule has 166 valence electrons. The van der Waals surface area contributed by atoms with E-state index in [-0.39, 0.29) is 39.6 Å². The number of carbonyl (C=O) groups excluding carboxylic acids is 3. The highest BCUT2D eigenvalue weighted by Crippen LogP contribution is 2.59. The molecule has 1 aliphatic carbocycles. The molecule has 1 amide bonds. The van der Waals surface area contributed by atoms with Gasteiger partial charge in [-0.05, 0) is 23.6 Å². The van der Waals surface area contributed by atoms with Crippen molar-refractivity contribution in [2.45, 2.75) is 31.1 Å². The predicted octanol–water partition coefficient (Wildman–Crippen LogP) is 3.02. The monoisotopic (exact) mass is 442 g/mol. The van der Waals surface area contributed by atoms with E-state index in [2.05, 4.69) is 5.32 Å². The van der Waals surface area contributed by atoms with Crippen LogP contribution in [0.5, 0.6) is 5.75 Å². The number of ether oxygens (including phenoxy) is 1. The van der Waals surface area contributed by atoms with Crippen molar-refractivity contribution >= 4 is 23.2 Å². The average molecular weight is 442 g/mol. The third-order valence-corrected chi connectivity index (χ3v) is 6.41. The highest BCUT2D eigenvalue weighted by Gasteiger charge is 2.72. The number of carbonyl (C=O) groups is 3. The molecular formula is C26H22N2O5. The molecular weight excluding hydrogens is 420 g/mol. The predicted molar refractivity (Wildman–Crippen MR) is 121 cm³/mol. The molecule has 2 atom stereocenters. The Labute approximate surface area is 190 Å². The summed E-state index contributed by atoms with van der Waals surface area (Å²) in [7, 11) is 0. The van der Waals surface area contributed by atoms with E-state index in [1.165, 1.54) is 24.3 Å². The summed E-state index contributed by atoms with van der Waals surface area (Å²) in [5, 5.41) is 14.4. The fourth-order valence-electron chi connectivity index (χ4n) is 4.69. The van der Waals surface area contributed by atoms with Crippen molar-refractivity contribution in [1.29, 1.82) is 0 Å². The number of nitrogen functional groups attached to an aromatic ring is 1. The molecule has 1 heterocycles. The smallest absolute Gasteiger partial charge is 0.293 e. The summed E-state index contributed by atoms with van der Waals surface area (Å²) in [4.78, 5) is 39.8. The van der Waals surface area contributed by atoms with Gasteiger partial charge >= 0.3 is 0 Å². The zero-order valence-electron chi connectivity index (χ0n) is 18.1. The number of ketones is 2. The summed E-state index contributed by atoms with van der Waals surface area (Å²) < 4.78 is 6.00. The lowest BCUT2D eigenvalue weighted by atomic mass is 9.82. The van der Waals surface area contributed by atoms with Gasteiger partial charge in [-0.15, -0.1) is 0 Å². The first-order chi connectivity index (χ1) is 15.7. The summed E-state index contributed by atoms with van der Waals surface area (Å²) in [5.74, 6) is -4.35. The molecule has 3 aromatic carbocycles. The Bertz CT molecular complexity index is 1330. The minimum atomic E-state index is -2.26. The van der Waals surface area contributed by atoms with Crippen molar-refractivity contribution in [3.8, 4) is 5.75 Å². The average Bonchev–Trinajstić information content (AvgIpc) is 3.16. The lowest BCUT2D eigenvalue weighted by Gasteiger charge is -2.34. The third-order valence-electron chi connectivity index (χ3n) is 6.41. The number of hydrogen-bond donors (Lipinski definition) is 3. The van der Waals surface area contributed by atoms with E-state index in [1.807, 2.05) is 19.9 Å². The number of hydrogen-bond acceptors (Lipinski definition) is 6. The number of nitrogens with one attached hydrogen (secondary N) is 1. The van der Waals surface area contributed by atoms with E-state index in [0.717, 1.165) is 5.56 Å². The van der Waals surface area contributed by atoms with Gasteiger partial charge in [0.05, 0.1) is 5.56 Å². The molecule has 0 saturated heterocycles. The van der Waals surface area contributed by atoms with Gasteiger partial charge in [0, 0.05) is 22.4 Å². The van der Waals surface area contributed by atoms with E-state index in [9.17, 15) is 19.5 Å². The molecule has 0 radical (unpaired) electrons. The van der Waals surface area contributed by atoms with Gasteiger partial charge in [0.25, 0.3) is 11.7 Å². The number of fused-ring (bicyclic) bond motifs is 5. The second-order valence-corrected chi connectivity index (χ2v) is 8.65. The number of rotatable bonds is 4. The second kappa shape index (κ2) is 7.02. The maximum Gasteiger partial charge on any atom is 0.293 e. The molecule has 0 aromatic heterocycles. The molecule has 2 aliphatic rings. The molecule has 2 unspecified atom stereocenters. The van der Waals surface area contributed by atoms with Gasteiger partial charge in [0.1, 0.15) is 5.75 Å². The first kappa shape index (κ1) is 20.9. The molecule has 0 fully saturated rings. The fraction of sp³-hybridized carbons (Fsp3) is 0.192. The van der Waals surface area contributed by atoms with E-state index < -0.39 is 28.8 Å². The zero-order valence-corrected chi connectivity index (χ0v) is 18.1. The van der Waals surface area contributed by atoms with Gasteiger partial charge in [0.15, 0.2) is 0 Å². The zero-order chi connectivity index (χ0) is 23.5. The summed E-state index contributed by atoms with van der Waals surface area (Å²) >= 11 is 0. The van der Waals surface area contributed by atoms with Gasteiger partial charge < -0.3 is 20.9 Å². The highest BCUT2D eigenvalue weighted by molar-refractivity contribution is 6.43. The van der Waals surface area contributed by atoms with Crippen LogP contribution >= 0.6 is 0 Å². The van der Waals surface area contributed by atoms with Crippen LogP contribution in [0.1, 0.15) is 57.2 Å². The van der Waals surface area contributed by atoms with Crippen molar-refractivity contribution < 1.29 is 24.2 Å². The molecule has 7 nitrogen and oxygen atoms in total. The Kier molecular flexibility index (Phi) is 4.44. The van der Waals surface area contributed by atoms with Crippen molar-refractivity contribution in [2.24, 2.45) is 0 Å². The molecule has 33 heavy (non-hydrogen) atoms.